The van der Waals surface area contributed by atoms with E-state index in [9.17, 15) is 9.36 Å². The van der Waals surface area contributed by atoms with Gasteiger partial charge in [-0.05, 0) is 6.42 Å². The minimum Gasteiger partial charge on any atom is -0.394 e. The fourth-order valence-corrected chi connectivity index (χ4v) is 2.14. The van der Waals surface area contributed by atoms with Crippen LogP contribution in [0.5, 0.6) is 0 Å². The lowest BCUT2D eigenvalue weighted by Crippen LogP contribution is -1.98. The second-order valence-corrected chi connectivity index (χ2v) is 5.62. The summed E-state index contributed by atoms with van der Waals surface area (Å²) in [6.45, 7) is 2.22. The van der Waals surface area contributed by atoms with Crippen LogP contribution < -0.4 is 0 Å². The van der Waals surface area contributed by atoms with Crippen LogP contribution in [0.2, 0.25) is 0 Å². The number of carbonyl (C=O) groups is 1. The Morgan fingerprint density at radius 1 is 0.944 bits per heavy atom. The molecule has 0 spiro atoms. The molecule has 0 rings (SSSR count). The van der Waals surface area contributed by atoms with Gasteiger partial charge in [0.1, 0.15) is 0 Å². The molecule has 0 heterocycles. The summed E-state index contributed by atoms with van der Waals surface area (Å²) in [7, 11) is -1.32. The van der Waals surface area contributed by atoms with E-state index in [2.05, 4.69) is 16.0 Å². The molecule has 0 bridgehead atoms. The maximum atomic E-state index is 11.1. The van der Waals surface area contributed by atoms with Crippen molar-refractivity contribution in [2.75, 3.05) is 7.11 Å². The lowest BCUT2D eigenvalue weighted by atomic mass is 10.1. The Morgan fingerprint density at radius 3 is 1.94 bits per heavy atom. The first-order valence-electron chi connectivity index (χ1n) is 6.99. The molecular formula is C13H27O4P. The smallest absolute Gasteiger partial charge is 0.369 e. The summed E-state index contributed by atoms with van der Waals surface area (Å²) in [5.41, 5.74) is 0. The molecule has 0 aliphatic carbocycles. The third-order valence-corrected chi connectivity index (χ3v) is 3.58. The Bertz CT molecular complexity index is 231. The SMILES string of the molecule is CCCCCCCCCCCC(=O)O[PH](=O)OC. The van der Waals surface area contributed by atoms with Crippen molar-refractivity contribution in [3.63, 3.8) is 0 Å². The quantitative estimate of drug-likeness (QED) is 0.390. The third-order valence-electron chi connectivity index (χ3n) is 2.85. The lowest BCUT2D eigenvalue weighted by Gasteiger charge is -2.03. The van der Waals surface area contributed by atoms with E-state index in [4.69, 9.17) is 0 Å². The molecule has 0 amide bonds. The van der Waals surface area contributed by atoms with Crippen LogP contribution in [0.1, 0.15) is 71.1 Å². The number of carbonyl (C=O) groups excluding carboxylic acids is 1. The summed E-state index contributed by atoms with van der Waals surface area (Å²) < 4.78 is 19.8. The van der Waals surface area contributed by atoms with Crippen LogP contribution in [0.3, 0.4) is 0 Å². The Labute approximate surface area is 111 Å². The van der Waals surface area contributed by atoms with Crippen LogP contribution in [0.15, 0.2) is 0 Å². The number of hydrogen-bond donors (Lipinski definition) is 0. The molecule has 1 unspecified atom stereocenters. The van der Waals surface area contributed by atoms with Gasteiger partial charge in [0.05, 0.1) is 0 Å². The predicted molar refractivity (Wildman–Crippen MR) is 73.9 cm³/mol. The van der Waals surface area contributed by atoms with Crippen molar-refractivity contribution >= 4 is 14.2 Å². The maximum Gasteiger partial charge on any atom is 0.369 e. The molecule has 0 radical (unpaired) electrons. The monoisotopic (exact) mass is 278 g/mol. The molecule has 0 aliphatic heterocycles. The van der Waals surface area contributed by atoms with Crippen LogP contribution in [-0.2, 0) is 18.4 Å². The molecule has 0 aliphatic rings. The molecular weight excluding hydrogens is 251 g/mol. The van der Waals surface area contributed by atoms with Crippen molar-refractivity contribution < 1.29 is 18.4 Å². The minimum absolute atomic E-state index is 0.343. The molecule has 0 saturated heterocycles. The molecule has 0 N–H and O–H groups in total. The highest BCUT2D eigenvalue weighted by molar-refractivity contribution is 7.34. The van der Waals surface area contributed by atoms with E-state index in [-0.39, 0.29) is 0 Å². The van der Waals surface area contributed by atoms with Gasteiger partial charge in [-0.15, -0.1) is 0 Å². The number of hydrogen-bond acceptors (Lipinski definition) is 4. The number of rotatable bonds is 12. The fourth-order valence-electron chi connectivity index (χ4n) is 1.77. The molecule has 0 aromatic rings. The molecule has 108 valence electrons. The minimum atomic E-state index is -2.59. The van der Waals surface area contributed by atoms with E-state index < -0.39 is 14.2 Å². The second kappa shape index (κ2) is 13.1. The summed E-state index contributed by atoms with van der Waals surface area (Å²) in [5.74, 6) is -0.413. The molecule has 18 heavy (non-hydrogen) atoms. The normalized spacial score (nSPS) is 12.3. The van der Waals surface area contributed by atoms with E-state index in [1.54, 1.807) is 0 Å². The summed E-state index contributed by atoms with van der Waals surface area (Å²) in [5, 5.41) is 0. The van der Waals surface area contributed by atoms with E-state index in [0.717, 1.165) is 12.8 Å². The third kappa shape index (κ3) is 12.1. The average molecular weight is 278 g/mol. The maximum absolute atomic E-state index is 11.1. The highest BCUT2D eigenvalue weighted by Gasteiger charge is 2.06. The Morgan fingerprint density at radius 2 is 1.44 bits per heavy atom. The van der Waals surface area contributed by atoms with Crippen molar-refractivity contribution in [2.45, 2.75) is 71.1 Å². The van der Waals surface area contributed by atoms with Crippen LogP contribution in [0.4, 0.5) is 0 Å². The van der Waals surface area contributed by atoms with Crippen molar-refractivity contribution in [2.24, 2.45) is 0 Å². The Kier molecular flexibility index (Phi) is 12.9. The first-order chi connectivity index (χ1) is 8.70. The zero-order valence-corrected chi connectivity index (χ0v) is 12.7. The van der Waals surface area contributed by atoms with Gasteiger partial charge in [0.15, 0.2) is 0 Å². The van der Waals surface area contributed by atoms with Gasteiger partial charge in [-0.2, -0.15) is 0 Å². The molecule has 0 saturated carbocycles. The van der Waals surface area contributed by atoms with Crippen LogP contribution >= 0.6 is 8.25 Å². The zero-order chi connectivity index (χ0) is 13.6. The van der Waals surface area contributed by atoms with E-state index in [0.29, 0.717) is 6.42 Å². The van der Waals surface area contributed by atoms with Gasteiger partial charge in [0.25, 0.3) is 0 Å². The van der Waals surface area contributed by atoms with Crippen LogP contribution in [0.25, 0.3) is 0 Å². The van der Waals surface area contributed by atoms with Crippen LogP contribution in [0, 0.1) is 0 Å². The predicted octanol–water partition coefficient (Wildman–Crippen LogP) is 4.49. The largest absolute Gasteiger partial charge is 0.394 e. The average Bonchev–Trinajstić information content (AvgIpc) is 2.36. The highest BCUT2D eigenvalue weighted by atomic mass is 31.1. The van der Waals surface area contributed by atoms with Crippen molar-refractivity contribution in [1.82, 2.24) is 0 Å². The molecule has 0 aromatic heterocycles. The van der Waals surface area contributed by atoms with E-state index in [1.165, 1.54) is 52.1 Å². The van der Waals surface area contributed by atoms with Gasteiger partial charge in [-0.1, -0.05) is 58.3 Å². The van der Waals surface area contributed by atoms with Crippen molar-refractivity contribution in [3.05, 3.63) is 0 Å². The van der Waals surface area contributed by atoms with Gasteiger partial charge < -0.3 is 9.05 Å². The highest BCUT2D eigenvalue weighted by Crippen LogP contribution is 2.23. The second-order valence-electron chi connectivity index (χ2n) is 4.51. The molecule has 4 nitrogen and oxygen atoms in total. The molecule has 0 fully saturated rings. The summed E-state index contributed by atoms with van der Waals surface area (Å²) in [4.78, 5) is 11.1. The summed E-state index contributed by atoms with van der Waals surface area (Å²) in [6.07, 6.45) is 11.2. The first kappa shape index (κ1) is 17.7. The first-order valence-corrected chi connectivity index (χ1v) is 8.21. The van der Waals surface area contributed by atoms with E-state index >= 15 is 0 Å². The summed E-state index contributed by atoms with van der Waals surface area (Å²) in [6, 6.07) is 0. The van der Waals surface area contributed by atoms with Gasteiger partial charge in [-0.25, -0.2) is 4.57 Å². The Balaban J connectivity index is 3.20. The van der Waals surface area contributed by atoms with Crippen LogP contribution in [-0.4, -0.2) is 13.1 Å². The van der Waals surface area contributed by atoms with Crippen molar-refractivity contribution in [1.29, 1.82) is 0 Å². The van der Waals surface area contributed by atoms with Gasteiger partial charge in [-0.3, -0.25) is 4.79 Å². The van der Waals surface area contributed by atoms with Gasteiger partial charge >= 0.3 is 14.2 Å². The van der Waals surface area contributed by atoms with Crippen molar-refractivity contribution in [3.8, 4) is 0 Å². The lowest BCUT2D eigenvalue weighted by molar-refractivity contribution is -0.134. The molecule has 1 atom stereocenters. The zero-order valence-electron chi connectivity index (χ0n) is 11.7. The standard InChI is InChI=1S/C13H27O4P/c1-3-4-5-6-7-8-9-10-11-12-13(14)17-18(15)16-2/h18H,3-12H2,1-2H3. The molecule has 0 aromatic carbocycles. The summed E-state index contributed by atoms with van der Waals surface area (Å²) >= 11 is 0. The Hall–Kier alpha value is -0.340. The van der Waals surface area contributed by atoms with Gasteiger partial charge in [0, 0.05) is 13.5 Å². The molecule has 5 heteroatoms. The fraction of sp³-hybridized carbons (Fsp3) is 0.923. The topological polar surface area (TPSA) is 52.6 Å². The van der Waals surface area contributed by atoms with E-state index in [1.807, 2.05) is 0 Å². The number of unbranched alkanes of at least 4 members (excludes halogenated alkanes) is 8. The van der Waals surface area contributed by atoms with Gasteiger partial charge in [0.2, 0.25) is 0 Å².